The highest BCUT2D eigenvalue weighted by Crippen LogP contribution is 2.31. The molecule has 0 saturated carbocycles. The number of aromatic nitrogens is 1. The van der Waals surface area contributed by atoms with Crippen LogP contribution in [0.15, 0.2) is 12.1 Å². The lowest BCUT2D eigenvalue weighted by molar-refractivity contribution is -0.137. The van der Waals surface area contributed by atoms with Gasteiger partial charge >= 0.3 is 6.18 Å². The van der Waals surface area contributed by atoms with Crippen molar-refractivity contribution in [1.82, 2.24) is 4.98 Å². The number of nitrogens with zero attached hydrogens (tertiary/aromatic N) is 1. The minimum Gasteiger partial charge on any atom is -0.384 e. The highest BCUT2D eigenvalue weighted by Gasteiger charge is 2.31. The number of anilines is 2. The highest BCUT2D eigenvalue weighted by atomic mass is 19.4. The molecule has 1 rings (SSSR count). The smallest absolute Gasteiger partial charge is 0.384 e. The van der Waals surface area contributed by atoms with Crippen molar-refractivity contribution in [3.05, 3.63) is 17.7 Å². The van der Waals surface area contributed by atoms with Crippen molar-refractivity contribution in [2.24, 2.45) is 5.92 Å². The predicted molar refractivity (Wildman–Crippen MR) is 66.2 cm³/mol. The second kappa shape index (κ2) is 5.93. The van der Waals surface area contributed by atoms with E-state index in [2.05, 4.69) is 10.3 Å². The fraction of sp³-hybridized carbons (Fsp3) is 0.583. The molecule has 0 aliphatic heterocycles. The van der Waals surface area contributed by atoms with E-state index in [1.807, 2.05) is 13.8 Å². The Morgan fingerprint density at radius 3 is 2.39 bits per heavy atom. The minimum atomic E-state index is -4.40. The molecule has 102 valence electrons. The van der Waals surface area contributed by atoms with Gasteiger partial charge in [0.2, 0.25) is 0 Å². The van der Waals surface area contributed by atoms with Crippen molar-refractivity contribution >= 4 is 11.6 Å². The van der Waals surface area contributed by atoms with Gasteiger partial charge in [0.05, 0.1) is 5.56 Å². The van der Waals surface area contributed by atoms with Crippen LogP contribution in [0.3, 0.4) is 0 Å². The third kappa shape index (κ3) is 4.09. The predicted octanol–water partition coefficient (Wildman–Crippen LogP) is 3.53. The molecule has 0 spiro atoms. The van der Waals surface area contributed by atoms with Crippen LogP contribution < -0.4 is 11.1 Å². The van der Waals surface area contributed by atoms with Crippen molar-refractivity contribution in [3.63, 3.8) is 0 Å². The molecular formula is C12H18F3N3. The number of halogens is 3. The first kappa shape index (κ1) is 14.6. The quantitative estimate of drug-likeness (QED) is 0.852. The van der Waals surface area contributed by atoms with E-state index in [1.54, 1.807) is 0 Å². The lowest BCUT2D eigenvalue weighted by Crippen LogP contribution is -2.15. The van der Waals surface area contributed by atoms with Crippen LogP contribution in [0.1, 0.15) is 32.3 Å². The standard InChI is InChI=1S/C12H18F3N3/c1-3-8(4-2)7-17-11-6-9(12(13,14)15)5-10(16)18-11/h5-6,8H,3-4,7H2,1-2H3,(H3,16,17,18). The summed E-state index contributed by atoms with van der Waals surface area (Å²) < 4.78 is 37.7. The Labute approximate surface area is 105 Å². The molecule has 0 aliphatic rings. The van der Waals surface area contributed by atoms with Gasteiger partial charge in [0, 0.05) is 6.54 Å². The Morgan fingerprint density at radius 1 is 1.28 bits per heavy atom. The third-order valence-corrected chi connectivity index (χ3v) is 2.90. The first-order valence-corrected chi connectivity index (χ1v) is 5.95. The van der Waals surface area contributed by atoms with Crippen LogP contribution in [0.2, 0.25) is 0 Å². The Hall–Kier alpha value is -1.46. The van der Waals surface area contributed by atoms with E-state index in [0.717, 1.165) is 25.0 Å². The molecule has 1 heterocycles. The van der Waals surface area contributed by atoms with Gasteiger partial charge in [-0.3, -0.25) is 0 Å². The minimum absolute atomic E-state index is 0.128. The number of alkyl halides is 3. The molecular weight excluding hydrogens is 243 g/mol. The summed E-state index contributed by atoms with van der Waals surface area (Å²) in [5, 5.41) is 2.91. The number of rotatable bonds is 5. The van der Waals surface area contributed by atoms with E-state index in [0.29, 0.717) is 12.5 Å². The monoisotopic (exact) mass is 261 g/mol. The first-order valence-electron chi connectivity index (χ1n) is 5.95. The van der Waals surface area contributed by atoms with Crippen molar-refractivity contribution in [3.8, 4) is 0 Å². The van der Waals surface area contributed by atoms with Crippen LogP contribution in [0.25, 0.3) is 0 Å². The van der Waals surface area contributed by atoms with E-state index in [-0.39, 0.29) is 11.6 Å². The summed E-state index contributed by atoms with van der Waals surface area (Å²) in [6.07, 6.45) is -2.46. The fourth-order valence-electron chi connectivity index (χ4n) is 1.63. The zero-order valence-corrected chi connectivity index (χ0v) is 10.5. The lowest BCUT2D eigenvalue weighted by Gasteiger charge is -2.15. The van der Waals surface area contributed by atoms with Crippen LogP contribution in [-0.4, -0.2) is 11.5 Å². The van der Waals surface area contributed by atoms with Gasteiger partial charge in [0.25, 0.3) is 0 Å². The molecule has 0 radical (unpaired) electrons. The maximum Gasteiger partial charge on any atom is 0.416 e. The van der Waals surface area contributed by atoms with Gasteiger partial charge in [0.15, 0.2) is 0 Å². The normalized spacial score (nSPS) is 11.9. The van der Waals surface area contributed by atoms with Gasteiger partial charge < -0.3 is 11.1 Å². The number of hydrogen-bond acceptors (Lipinski definition) is 3. The molecule has 18 heavy (non-hydrogen) atoms. The maximum absolute atomic E-state index is 12.6. The van der Waals surface area contributed by atoms with Gasteiger partial charge in [-0.1, -0.05) is 26.7 Å². The van der Waals surface area contributed by atoms with Crippen molar-refractivity contribution in [2.45, 2.75) is 32.9 Å². The third-order valence-electron chi connectivity index (χ3n) is 2.90. The number of nitrogens with one attached hydrogen (secondary N) is 1. The summed E-state index contributed by atoms with van der Waals surface area (Å²) in [6, 6.07) is 1.82. The lowest BCUT2D eigenvalue weighted by atomic mass is 10.0. The Kier molecular flexibility index (Phi) is 4.81. The molecule has 0 aliphatic carbocycles. The van der Waals surface area contributed by atoms with Crippen molar-refractivity contribution in [1.29, 1.82) is 0 Å². The van der Waals surface area contributed by atoms with Crippen LogP contribution in [-0.2, 0) is 6.18 Å². The summed E-state index contributed by atoms with van der Waals surface area (Å²) in [6.45, 7) is 4.69. The van der Waals surface area contributed by atoms with E-state index in [1.165, 1.54) is 0 Å². The highest BCUT2D eigenvalue weighted by molar-refractivity contribution is 5.47. The maximum atomic E-state index is 12.6. The summed E-state index contributed by atoms with van der Waals surface area (Å²) in [4.78, 5) is 3.85. The van der Waals surface area contributed by atoms with Gasteiger partial charge in [-0.2, -0.15) is 13.2 Å². The van der Waals surface area contributed by atoms with Crippen LogP contribution in [0, 0.1) is 5.92 Å². The number of pyridine rings is 1. The van der Waals surface area contributed by atoms with E-state index >= 15 is 0 Å². The molecule has 0 unspecified atom stereocenters. The second-order valence-corrected chi connectivity index (χ2v) is 4.23. The molecule has 1 aromatic heterocycles. The molecule has 1 aromatic rings. The average molecular weight is 261 g/mol. The zero-order chi connectivity index (χ0) is 13.8. The van der Waals surface area contributed by atoms with Gasteiger partial charge in [-0.25, -0.2) is 4.98 Å². The summed E-state index contributed by atoms with van der Waals surface area (Å²) >= 11 is 0. The van der Waals surface area contributed by atoms with E-state index in [9.17, 15) is 13.2 Å². The van der Waals surface area contributed by atoms with Crippen molar-refractivity contribution in [2.75, 3.05) is 17.6 Å². The van der Waals surface area contributed by atoms with Crippen molar-refractivity contribution < 1.29 is 13.2 Å². The first-order chi connectivity index (χ1) is 8.36. The largest absolute Gasteiger partial charge is 0.416 e. The molecule has 3 nitrogen and oxygen atoms in total. The van der Waals surface area contributed by atoms with Crippen LogP contribution >= 0.6 is 0 Å². The average Bonchev–Trinajstić information content (AvgIpc) is 2.28. The molecule has 0 amide bonds. The van der Waals surface area contributed by atoms with Gasteiger partial charge in [-0.15, -0.1) is 0 Å². The molecule has 3 N–H and O–H groups in total. The molecule has 6 heteroatoms. The second-order valence-electron chi connectivity index (χ2n) is 4.23. The number of nitrogens with two attached hydrogens (primary N) is 1. The topological polar surface area (TPSA) is 50.9 Å². The van der Waals surface area contributed by atoms with E-state index < -0.39 is 11.7 Å². The SMILES string of the molecule is CCC(CC)CNc1cc(C(F)(F)F)cc(N)n1. The Balaban J connectivity index is 2.81. The van der Waals surface area contributed by atoms with Gasteiger partial charge in [-0.05, 0) is 18.1 Å². The number of nitrogen functional groups attached to an aromatic ring is 1. The molecule has 0 atom stereocenters. The zero-order valence-electron chi connectivity index (χ0n) is 10.5. The van der Waals surface area contributed by atoms with E-state index in [4.69, 9.17) is 5.73 Å². The summed E-state index contributed by atoms with van der Waals surface area (Å²) in [5.41, 5.74) is 4.60. The fourth-order valence-corrected chi connectivity index (χ4v) is 1.63. The Bertz CT molecular complexity index is 387. The van der Waals surface area contributed by atoms with Crippen LogP contribution in [0.5, 0.6) is 0 Å². The molecule has 0 aromatic carbocycles. The Morgan fingerprint density at radius 2 is 1.89 bits per heavy atom. The summed E-state index contributed by atoms with van der Waals surface area (Å²) in [7, 11) is 0. The molecule has 0 fully saturated rings. The van der Waals surface area contributed by atoms with Gasteiger partial charge in [0.1, 0.15) is 11.6 Å². The van der Waals surface area contributed by atoms with Crippen LogP contribution in [0.4, 0.5) is 24.8 Å². The molecule has 0 saturated heterocycles. The molecule has 0 bridgehead atoms. The summed E-state index contributed by atoms with van der Waals surface area (Å²) in [5.74, 6) is 0.466. The number of hydrogen-bond donors (Lipinski definition) is 2.